The number of ether oxygens (including phenoxy) is 3. The molecule has 15 heavy (non-hydrogen) atoms. The van der Waals surface area contributed by atoms with Gasteiger partial charge in [-0.1, -0.05) is 0 Å². The zero-order chi connectivity index (χ0) is 10.9. The van der Waals surface area contributed by atoms with Crippen molar-refractivity contribution < 1.29 is 23.8 Å². The zero-order valence-electron chi connectivity index (χ0n) is 8.65. The van der Waals surface area contributed by atoms with Gasteiger partial charge in [0, 0.05) is 19.3 Å². The van der Waals surface area contributed by atoms with Gasteiger partial charge in [-0.3, -0.25) is 9.59 Å². The maximum Gasteiger partial charge on any atom is 0.314 e. The third kappa shape index (κ3) is 1.77. The van der Waals surface area contributed by atoms with Gasteiger partial charge in [0.15, 0.2) is 5.79 Å². The van der Waals surface area contributed by atoms with Crippen molar-refractivity contribution in [2.45, 2.75) is 25.0 Å². The number of rotatable bonds is 1. The Kier molecular flexibility index (Phi) is 2.75. The van der Waals surface area contributed by atoms with Gasteiger partial charge in [0.25, 0.3) is 0 Å². The van der Waals surface area contributed by atoms with Crippen molar-refractivity contribution in [2.75, 3.05) is 20.3 Å². The van der Waals surface area contributed by atoms with Crippen LogP contribution in [0.2, 0.25) is 0 Å². The van der Waals surface area contributed by atoms with Gasteiger partial charge < -0.3 is 14.2 Å². The Balaban J connectivity index is 2.20. The fourth-order valence-electron chi connectivity index (χ4n) is 2.19. The van der Waals surface area contributed by atoms with Crippen LogP contribution in [0.5, 0.6) is 0 Å². The summed E-state index contributed by atoms with van der Waals surface area (Å²) in [5.74, 6) is -1.87. The molecule has 0 amide bonds. The molecule has 84 valence electrons. The highest BCUT2D eigenvalue weighted by atomic mass is 16.7. The molecule has 0 aromatic heterocycles. The maximum atomic E-state index is 11.5. The summed E-state index contributed by atoms with van der Waals surface area (Å²) >= 11 is 0. The van der Waals surface area contributed by atoms with Crippen molar-refractivity contribution in [3.05, 3.63) is 0 Å². The first kappa shape index (κ1) is 10.6. The second kappa shape index (κ2) is 3.90. The number of carbonyl (C=O) groups excluding carboxylic acids is 2. The van der Waals surface area contributed by atoms with Gasteiger partial charge in [0.1, 0.15) is 11.7 Å². The minimum atomic E-state index is -0.902. The van der Waals surface area contributed by atoms with Crippen LogP contribution in [0, 0.1) is 5.92 Å². The maximum absolute atomic E-state index is 11.5. The van der Waals surface area contributed by atoms with Gasteiger partial charge in [0.2, 0.25) is 0 Å². The zero-order valence-corrected chi connectivity index (χ0v) is 8.65. The van der Waals surface area contributed by atoms with E-state index in [1.54, 1.807) is 0 Å². The minimum Gasteiger partial charge on any atom is -0.469 e. The van der Waals surface area contributed by atoms with Gasteiger partial charge in [-0.05, 0) is 0 Å². The predicted molar refractivity (Wildman–Crippen MR) is 49.0 cm³/mol. The van der Waals surface area contributed by atoms with Crippen LogP contribution in [-0.4, -0.2) is 37.9 Å². The van der Waals surface area contributed by atoms with E-state index in [4.69, 9.17) is 9.47 Å². The predicted octanol–water partition coefficient (Wildman–Crippen LogP) is 0.272. The number of Topliss-reactive ketones (excluding diaryl/α,β-unsaturated/α-hetero) is 1. The lowest BCUT2D eigenvalue weighted by molar-refractivity contribution is -0.219. The highest BCUT2D eigenvalue weighted by molar-refractivity contribution is 5.86. The van der Waals surface area contributed by atoms with E-state index in [1.807, 2.05) is 0 Å². The average Bonchev–Trinajstić information content (AvgIpc) is 2.70. The summed E-state index contributed by atoms with van der Waals surface area (Å²) in [5, 5.41) is 0. The van der Waals surface area contributed by atoms with Crippen LogP contribution in [0.15, 0.2) is 0 Å². The lowest BCUT2D eigenvalue weighted by Gasteiger charge is -2.36. The van der Waals surface area contributed by atoms with Crippen LogP contribution >= 0.6 is 0 Å². The van der Waals surface area contributed by atoms with E-state index in [0.29, 0.717) is 26.1 Å². The van der Waals surface area contributed by atoms with Crippen LogP contribution in [0.3, 0.4) is 0 Å². The van der Waals surface area contributed by atoms with Gasteiger partial charge >= 0.3 is 5.97 Å². The molecule has 1 atom stereocenters. The number of methoxy groups -OCH3 is 1. The summed E-state index contributed by atoms with van der Waals surface area (Å²) in [5.41, 5.74) is 0. The molecule has 5 heteroatoms. The Bertz CT molecular complexity index is 280. The normalized spacial score (nSPS) is 29.4. The number of ketones is 1. The van der Waals surface area contributed by atoms with E-state index < -0.39 is 17.7 Å². The van der Waals surface area contributed by atoms with Crippen LogP contribution in [-0.2, 0) is 23.8 Å². The topological polar surface area (TPSA) is 61.8 Å². The molecular weight excluding hydrogens is 200 g/mol. The highest BCUT2D eigenvalue weighted by Gasteiger charge is 2.52. The van der Waals surface area contributed by atoms with Crippen molar-refractivity contribution in [1.82, 2.24) is 0 Å². The SMILES string of the molecule is COC(=O)C1CC(=O)CCC12OCCO2. The third-order valence-corrected chi connectivity index (χ3v) is 2.98. The van der Waals surface area contributed by atoms with Crippen molar-refractivity contribution in [3.8, 4) is 0 Å². The Hall–Kier alpha value is -0.940. The molecule has 2 rings (SSSR count). The lowest BCUT2D eigenvalue weighted by atomic mass is 9.82. The smallest absolute Gasteiger partial charge is 0.314 e. The summed E-state index contributed by atoms with van der Waals surface area (Å²) in [6.45, 7) is 0.948. The molecule has 5 nitrogen and oxygen atoms in total. The van der Waals surface area contributed by atoms with E-state index >= 15 is 0 Å². The second-order valence-electron chi connectivity index (χ2n) is 3.83. The molecule has 1 saturated carbocycles. The fourth-order valence-corrected chi connectivity index (χ4v) is 2.19. The Morgan fingerprint density at radius 2 is 2.13 bits per heavy atom. The van der Waals surface area contributed by atoms with Crippen LogP contribution in [0.4, 0.5) is 0 Å². The molecule has 0 radical (unpaired) electrons. The lowest BCUT2D eigenvalue weighted by Crippen LogP contribution is -2.48. The molecular formula is C10H14O5. The Morgan fingerprint density at radius 3 is 2.73 bits per heavy atom. The van der Waals surface area contributed by atoms with Crippen molar-refractivity contribution in [2.24, 2.45) is 5.92 Å². The molecule has 0 aromatic rings. The summed E-state index contributed by atoms with van der Waals surface area (Å²) in [6, 6.07) is 0. The van der Waals surface area contributed by atoms with Crippen molar-refractivity contribution in [3.63, 3.8) is 0 Å². The number of hydrogen-bond donors (Lipinski definition) is 0. The van der Waals surface area contributed by atoms with E-state index in [0.717, 1.165) is 0 Å². The summed E-state index contributed by atoms with van der Waals surface area (Å²) in [4.78, 5) is 22.9. The van der Waals surface area contributed by atoms with Gasteiger partial charge in [-0.15, -0.1) is 0 Å². The first-order chi connectivity index (χ1) is 7.18. The Morgan fingerprint density at radius 1 is 1.47 bits per heavy atom. The Labute approximate surface area is 87.7 Å². The molecule has 0 N–H and O–H groups in total. The molecule has 1 aliphatic carbocycles. The molecule has 2 aliphatic rings. The van der Waals surface area contributed by atoms with E-state index in [-0.39, 0.29) is 12.2 Å². The molecule has 0 bridgehead atoms. The largest absolute Gasteiger partial charge is 0.469 e. The molecule has 0 aromatic carbocycles. The summed E-state index contributed by atoms with van der Waals surface area (Å²) in [6.07, 6.45) is 1.02. The van der Waals surface area contributed by atoms with Crippen molar-refractivity contribution >= 4 is 11.8 Å². The molecule has 1 saturated heterocycles. The fraction of sp³-hybridized carbons (Fsp3) is 0.800. The molecule has 1 aliphatic heterocycles. The first-order valence-corrected chi connectivity index (χ1v) is 5.05. The van der Waals surface area contributed by atoms with E-state index in [2.05, 4.69) is 4.74 Å². The first-order valence-electron chi connectivity index (χ1n) is 5.05. The average molecular weight is 214 g/mol. The standard InChI is InChI=1S/C10H14O5/c1-13-9(12)8-6-7(11)2-3-10(8)14-4-5-15-10/h8H,2-6H2,1H3. The minimum absolute atomic E-state index is 0.0649. The van der Waals surface area contributed by atoms with Gasteiger partial charge in [-0.2, -0.15) is 0 Å². The summed E-state index contributed by atoms with van der Waals surface area (Å²) in [7, 11) is 1.31. The second-order valence-corrected chi connectivity index (χ2v) is 3.83. The highest BCUT2D eigenvalue weighted by Crippen LogP contribution is 2.39. The molecule has 1 unspecified atom stereocenters. The van der Waals surface area contributed by atoms with Gasteiger partial charge in [0.05, 0.1) is 20.3 Å². The van der Waals surface area contributed by atoms with Crippen LogP contribution < -0.4 is 0 Å². The number of hydrogen-bond acceptors (Lipinski definition) is 5. The molecule has 1 spiro atoms. The monoisotopic (exact) mass is 214 g/mol. The molecule has 1 heterocycles. The van der Waals surface area contributed by atoms with Crippen LogP contribution in [0.25, 0.3) is 0 Å². The number of esters is 1. The van der Waals surface area contributed by atoms with Gasteiger partial charge in [-0.25, -0.2) is 0 Å². The quantitative estimate of drug-likeness (QED) is 0.586. The van der Waals surface area contributed by atoms with Crippen molar-refractivity contribution in [1.29, 1.82) is 0 Å². The van der Waals surface area contributed by atoms with E-state index in [1.165, 1.54) is 7.11 Å². The third-order valence-electron chi connectivity index (χ3n) is 2.98. The molecule has 2 fully saturated rings. The van der Waals surface area contributed by atoms with Crippen LogP contribution in [0.1, 0.15) is 19.3 Å². The van der Waals surface area contributed by atoms with E-state index in [9.17, 15) is 9.59 Å². The number of carbonyl (C=O) groups is 2. The summed E-state index contributed by atoms with van der Waals surface area (Å²) < 4.78 is 15.7.